The number of aliphatic imine (C=N–C) groups is 3. The van der Waals surface area contributed by atoms with Crippen LogP contribution in [0.15, 0.2) is 158 Å². The van der Waals surface area contributed by atoms with Gasteiger partial charge < -0.3 is 49.9 Å². The van der Waals surface area contributed by atoms with Crippen molar-refractivity contribution in [2.24, 2.45) is 15.0 Å². The normalized spacial score (nSPS) is 14.5. The molecule has 4 N–H and O–H groups in total. The van der Waals surface area contributed by atoms with Crippen molar-refractivity contribution >= 4 is 92.2 Å². The van der Waals surface area contributed by atoms with E-state index in [4.69, 9.17) is 53.7 Å². The van der Waals surface area contributed by atoms with Gasteiger partial charge in [0.15, 0.2) is 21.3 Å². The fraction of sp³-hybridized carbons (Fsp3) is 0.214. The molecule has 0 fully saturated rings. The lowest BCUT2D eigenvalue weighted by atomic mass is 10.2. The summed E-state index contributed by atoms with van der Waals surface area (Å²) in [5.74, 6) is 3.99. The highest BCUT2D eigenvalue weighted by atomic mass is 35.5. The summed E-state index contributed by atoms with van der Waals surface area (Å²) >= 11 is 10.7. The molecule has 6 aromatic rings. The van der Waals surface area contributed by atoms with Gasteiger partial charge in [0.25, 0.3) is 5.88 Å². The number of aromatic nitrogens is 3. The van der Waals surface area contributed by atoms with Crippen LogP contribution in [0.4, 0.5) is 11.6 Å². The van der Waals surface area contributed by atoms with Gasteiger partial charge in [0, 0.05) is 66.7 Å². The van der Waals surface area contributed by atoms with Crippen molar-refractivity contribution in [1.82, 2.24) is 29.1 Å². The Balaban J connectivity index is 0.000000158. The quantitative estimate of drug-likeness (QED) is 0.0553. The molecule has 12 rings (SSSR count). The molecule has 0 aliphatic carbocycles. The summed E-state index contributed by atoms with van der Waals surface area (Å²) < 4.78 is 19.5. The first kappa shape index (κ1) is 58.8. The Labute approximate surface area is 480 Å². The number of hydrogen-bond donors (Lipinski definition) is 3. The van der Waals surface area contributed by atoms with Gasteiger partial charge in [-0.05, 0) is 95.9 Å². The van der Waals surface area contributed by atoms with Gasteiger partial charge in [-0.3, -0.25) is 29.0 Å². The third-order valence-electron chi connectivity index (χ3n) is 11.5. The number of carbonyl (C=O) groups is 2. The van der Waals surface area contributed by atoms with Crippen LogP contribution >= 0.6 is 46.9 Å². The van der Waals surface area contributed by atoms with Crippen LogP contribution in [0.3, 0.4) is 0 Å². The van der Waals surface area contributed by atoms with Gasteiger partial charge in [-0.15, -0.1) is 11.6 Å². The number of amidine groups is 3. The summed E-state index contributed by atoms with van der Waals surface area (Å²) in [6.07, 6.45) is 4.88. The summed E-state index contributed by atoms with van der Waals surface area (Å²) in [6, 6.07) is 31.7. The molecule has 3 aromatic carbocycles. The average molecular weight is 1150 g/mol. The number of thioether (sulfide) groups is 3. The van der Waals surface area contributed by atoms with E-state index < -0.39 is 0 Å². The first-order valence-corrected chi connectivity index (χ1v) is 27.6. The van der Waals surface area contributed by atoms with E-state index in [0.717, 1.165) is 102 Å². The van der Waals surface area contributed by atoms with Crippen LogP contribution in [0.5, 0.6) is 23.1 Å². The number of nitrogen functional groups attached to an aromatic ring is 1. The molecular formula is C56H53ClN14O6S3. The predicted octanol–water partition coefficient (Wildman–Crippen LogP) is 9.36. The van der Waals surface area contributed by atoms with Crippen LogP contribution in [0, 0.1) is 29.2 Å². The number of nitrogens with two attached hydrogens (primary N) is 1. The molecule has 9 heterocycles. The standard InChI is InChI=1S/C22H20N6O2S.C13H12N2O2S.C7H6O2.C6H7ClN2S.C6H5N3.C2H3N/c1-24-20-21(26-19-10-16(11-23)6-8-28(19)20)30-12-15-2-4-18(5-3-15)29-13-17-14-31-22-25-7-9-27(17)22;16-7-10-1-3-12(4-2-10)17-8-11-9-18-13-14-5-6-15(11)13;8-5-6-1-3-7(9)4-2-6;7-3-5-4-10-6-8-1-2-9(5)6;7-4-5-1-2-9-6(8)3-5;1-3-2/h2-6,8,10,14,24H,7,9,12-13H2,1H3;1-4,7,9H,5-6,8H2;1-5,9H;4H,1-3H2;1-3H,(H2,8,9);1H3. The van der Waals surface area contributed by atoms with Crippen LogP contribution < -0.4 is 25.3 Å². The number of alkyl halides is 1. The van der Waals surface area contributed by atoms with Gasteiger partial charge in [-0.1, -0.05) is 47.4 Å². The first-order chi connectivity index (χ1) is 39.1. The summed E-state index contributed by atoms with van der Waals surface area (Å²) in [5.41, 5.74) is 12.8. The Hall–Kier alpha value is -8.92. The number of anilines is 2. The molecule has 0 spiro atoms. The first-order valence-electron chi connectivity index (χ1n) is 24.4. The van der Waals surface area contributed by atoms with Crippen LogP contribution in [-0.4, -0.2) is 135 Å². The van der Waals surface area contributed by atoms with E-state index in [0.29, 0.717) is 65.3 Å². The number of ether oxygens (including phenoxy) is 3. The summed E-state index contributed by atoms with van der Waals surface area (Å²) in [5, 5.41) is 38.8. The van der Waals surface area contributed by atoms with Crippen LogP contribution in [0.2, 0.25) is 0 Å². The zero-order valence-electron chi connectivity index (χ0n) is 43.4. The number of hydrogen-bond acceptors (Lipinski definition) is 21. The van der Waals surface area contributed by atoms with Gasteiger partial charge in [0.2, 0.25) is 7.05 Å². The Bertz CT molecular complexity index is 3440. The fourth-order valence-corrected chi connectivity index (χ4v) is 10.7. The Kier molecular flexibility index (Phi) is 22.2. The van der Waals surface area contributed by atoms with Crippen molar-refractivity contribution in [1.29, 1.82) is 10.5 Å². The second-order valence-electron chi connectivity index (χ2n) is 16.7. The lowest BCUT2D eigenvalue weighted by Crippen LogP contribution is -2.24. The van der Waals surface area contributed by atoms with Crippen molar-refractivity contribution in [2.45, 2.75) is 6.61 Å². The number of aromatic hydroxyl groups is 1. The molecule has 24 heteroatoms. The number of halogens is 1. The van der Waals surface area contributed by atoms with E-state index in [1.54, 1.807) is 83.9 Å². The van der Waals surface area contributed by atoms with Crippen LogP contribution in [0.1, 0.15) is 37.4 Å². The number of nitrogens with one attached hydrogen (secondary N) is 1. The molecule has 0 atom stereocenters. The molecule has 0 radical (unpaired) electrons. The monoisotopic (exact) mass is 1150 g/mol. The van der Waals surface area contributed by atoms with E-state index in [1.807, 2.05) is 53.9 Å². The topological polar surface area (TPSA) is 249 Å². The second-order valence-corrected chi connectivity index (χ2v) is 19.5. The zero-order valence-corrected chi connectivity index (χ0v) is 46.6. The molecule has 3 aromatic heterocycles. The molecule has 0 bridgehead atoms. The number of nitrogens with zero attached hydrogens (tertiary/aromatic N) is 12. The number of allylic oxidation sites excluding steroid dienone is 1. The minimum Gasteiger partial charge on any atom is -0.508 e. The second kappa shape index (κ2) is 30.3. The molecular weight excluding hydrogens is 1100 g/mol. The maximum absolute atomic E-state index is 10.5. The lowest BCUT2D eigenvalue weighted by molar-refractivity contribution is 0.111. The third kappa shape index (κ3) is 16.3. The Morgan fingerprint density at radius 2 is 1.21 bits per heavy atom. The lowest BCUT2D eigenvalue weighted by Gasteiger charge is -2.17. The van der Waals surface area contributed by atoms with Crippen LogP contribution in [-0.2, 0) is 6.61 Å². The van der Waals surface area contributed by atoms with Gasteiger partial charge in [0.1, 0.15) is 61.1 Å². The predicted molar refractivity (Wildman–Crippen MR) is 317 cm³/mol. The number of imidazole rings is 1. The summed E-state index contributed by atoms with van der Waals surface area (Å²) in [6.45, 7) is 12.8. The molecule has 408 valence electrons. The van der Waals surface area contributed by atoms with E-state index >= 15 is 0 Å². The number of carbonyl (C=O) groups excluding carboxylic acids is 2. The van der Waals surface area contributed by atoms with E-state index in [9.17, 15) is 9.59 Å². The van der Waals surface area contributed by atoms with E-state index in [-0.39, 0.29) is 5.75 Å². The number of phenols is 1. The maximum atomic E-state index is 10.5. The van der Waals surface area contributed by atoms with E-state index in [2.05, 4.69) is 72.1 Å². The van der Waals surface area contributed by atoms with Crippen molar-refractivity contribution < 1.29 is 28.9 Å². The number of rotatable bonds is 13. The molecule has 0 saturated carbocycles. The highest BCUT2D eigenvalue weighted by Gasteiger charge is 2.28. The average Bonchev–Trinajstić information content (AvgIpc) is 4.41. The van der Waals surface area contributed by atoms with Crippen molar-refractivity contribution in [3.8, 4) is 35.3 Å². The van der Waals surface area contributed by atoms with Gasteiger partial charge in [-0.25, -0.2) is 11.6 Å². The smallest absolute Gasteiger partial charge is 0.258 e. The van der Waals surface area contributed by atoms with Crippen molar-refractivity contribution in [2.75, 3.05) is 83.5 Å². The number of benzene rings is 3. The van der Waals surface area contributed by atoms with Gasteiger partial charge in [0.05, 0.1) is 60.2 Å². The minimum atomic E-state index is 0.181. The van der Waals surface area contributed by atoms with Gasteiger partial charge >= 0.3 is 0 Å². The number of phenolic OH excluding ortho intramolecular Hbond substituents is 1. The van der Waals surface area contributed by atoms with Crippen molar-refractivity contribution in [3.05, 3.63) is 182 Å². The number of nitriles is 2. The third-order valence-corrected chi connectivity index (χ3v) is 14.6. The maximum Gasteiger partial charge on any atom is 0.258 e. The molecule has 0 unspecified atom stereocenters. The molecule has 20 nitrogen and oxygen atoms in total. The number of fused-ring (bicyclic) bond motifs is 4. The van der Waals surface area contributed by atoms with E-state index in [1.165, 1.54) is 37.1 Å². The molecule has 6 aliphatic rings. The Morgan fingerprint density at radius 3 is 1.69 bits per heavy atom. The molecule has 0 saturated heterocycles. The van der Waals surface area contributed by atoms with Gasteiger partial charge in [-0.2, -0.15) is 15.5 Å². The summed E-state index contributed by atoms with van der Waals surface area (Å²) in [4.78, 5) is 51.2. The molecule has 80 heavy (non-hydrogen) atoms. The zero-order chi connectivity index (χ0) is 56.6. The number of aldehydes is 2. The van der Waals surface area contributed by atoms with Crippen molar-refractivity contribution in [3.63, 3.8) is 0 Å². The largest absolute Gasteiger partial charge is 0.508 e. The minimum absolute atomic E-state index is 0.181. The SMILES string of the molecule is CNc1c(OCc2ccc(OCC3=CSC4=NCCN34)cc2)nc2cc(C#N)ccn12.ClCC1=CSC2=NCCN12.N#Cc1ccnc(N)c1.O=Cc1ccc(O)cc1.O=Cc1ccc(OCC2=CSC3=NCCN23)cc1.[C-]#[N+]C. The molecule has 0 amide bonds. The van der Waals surface area contributed by atoms with Crippen LogP contribution in [0.25, 0.3) is 10.5 Å². The fourth-order valence-electron chi connectivity index (χ4n) is 7.54. The highest BCUT2D eigenvalue weighted by molar-refractivity contribution is 8.17. The number of pyridine rings is 2. The highest BCUT2D eigenvalue weighted by Crippen LogP contribution is 2.32. The molecule has 6 aliphatic heterocycles. The Morgan fingerprint density at radius 1 is 0.725 bits per heavy atom. The summed E-state index contributed by atoms with van der Waals surface area (Å²) in [7, 11) is 3.23.